The summed E-state index contributed by atoms with van der Waals surface area (Å²) < 4.78 is 12.5. The minimum Gasteiger partial charge on any atom is -0.209 e. The zero-order valence-corrected chi connectivity index (χ0v) is 5.43. The number of aryl methyl sites for hydroxylation is 1. The first-order valence-electron chi connectivity index (χ1n) is 2.77. The molecule has 0 N–H and O–H groups in total. The van der Waals surface area contributed by atoms with Crippen LogP contribution in [0.5, 0.6) is 0 Å². The van der Waals surface area contributed by atoms with Crippen LogP contribution in [0, 0.1) is 24.2 Å². The number of nitrogens with zero attached hydrogens (tertiary/aromatic N) is 2. The Hall–Kier alpha value is -1.43. The highest BCUT2D eigenvalue weighted by molar-refractivity contribution is 5.23. The molecule has 3 heteroatoms. The Morgan fingerprint density at radius 3 is 2.80 bits per heavy atom. The molecule has 1 rings (SSSR count). The van der Waals surface area contributed by atoms with Gasteiger partial charge in [0, 0.05) is 5.56 Å². The van der Waals surface area contributed by atoms with Crippen LogP contribution in [-0.4, -0.2) is 4.98 Å². The summed E-state index contributed by atoms with van der Waals surface area (Å²) in [5.74, 6) is -0.570. The van der Waals surface area contributed by atoms with Gasteiger partial charge in [-0.3, -0.25) is 0 Å². The van der Waals surface area contributed by atoms with Crippen LogP contribution in [0.15, 0.2) is 12.1 Å². The maximum Gasteiger partial charge on any atom is 0.217 e. The molecule has 0 aliphatic heterocycles. The third kappa shape index (κ3) is 1.11. The predicted octanol–water partition coefficient (Wildman–Crippen LogP) is 1.40. The van der Waals surface area contributed by atoms with Crippen LogP contribution in [0.2, 0.25) is 0 Å². The van der Waals surface area contributed by atoms with Crippen LogP contribution in [0.1, 0.15) is 11.3 Å². The highest BCUT2D eigenvalue weighted by atomic mass is 19.1. The van der Waals surface area contributed by atoms with Gasteiger partial charge in [-0.25, -0.2) is 4.98 Å². The lowest BCUT2D eigenvalue weighted by molar-refractivity contribution is 0.573. The molecule has 0 bridgehead atoms. The van der Waals surface area contributed by atoms with Crippen LogP contribution in [0.25, 0.3) is 0 Å². The summed E-state index contributed by atoms with van der Waals surface area (Å²) in [4.78, 5) is 3.36. The first-order chi connectivity index (χ1) is 4.74. The lowest BCUT2D eigenvalue weighted by atomic mass is 10.3. The monoisotopic (exact) mass is 136 g/mol. The van der Waals surface area contributed by atoms with Gasteiger partial charge in [0.05, 0.1) is 0 Å². The Bertz CT molecular complexity index is 288. The summed E-state index contributed by atoms with van der Waals surface area (Å²) in [7, 11) is 0. The number of hydrogen-bond acceptors (Lipinski definition) is 2. The van der Waals surface area contributed by atoms with Gasteiger partial charge in [-0.15, -0.1) is 0 Å². The molecule has 1 aromatic heterocycles. The molecular formula is C7H5FN2. The van der Waals surface area contributed by atoms with E-state index in [2.05, 4.69) is 4.98 Å². The zero-order valence-electron chi connectivity index (χ0n) is 5.43. The summed E-state index contributed by atoms with van der Waals surface area (Å²) in [5, 5.41) is 8.27. The fourth-order valence-corrected chi connectivity index (χ4v) is 0.566. The SMILES string of the molecule is Cc1ccc(C#N)nc1F. The Kier molecular flexibility index (Phi) is 1.63. The molecule has 0 aromatic carbocycles. The lowest BCUT2D eigenvalue weighted by Gasteiger charge is -1.92. The summed E-state index contributed by atoms with van der Waals surface area (Å²) in [6, 6.07) is 4.76. The van der Waals surface area contributed by atoms with E-state index in [1.165, 1.54) is 12.1 Å². The number of nitriles is 1. The zero-order chi connectivity index (χ0) is 7.56. The number of pyridine rings is 1. The average Bonchev–Trinajstić information content (AvgIpc) is 1.95. The molecule has 0 aliphatic carbocycles. The maximum atomic E-state index is 12.5. The third-order valence-corrected chi connectivity index (χ3v) is 1.15. The fourth-order valence-electron chi connectivity index (χ4n) is 0.566. The van der Waals surface area contributed by atoms with Gasteiger partial charge in [0.1, 0.15) is 11.8 Å². The molecule has 0 saturated heterocycles. The highest BCUT2D eigenvalue weighted by Crippen LogP contribution is 2.02. The van der Waals surface area contributed by atoms with Gasteiger partial charge in [0.25, 0.3) is 0 Å². The summed E-state index contributed by atoms with van der Waals surface area (Å²) in [5.41, 5.74) is 0.571. The van der Waals surface area contributed by atoms with Crippen molar-refractivity contribution in [2.75, 3.05) is 0 Å². The minimum atomic E-state index is -0.570. The molecule has 0 radical (unpaired) electrons. The van der Waals surface area contributed by atoms with Crippen molar-refractivity contribution < 1.29 is 4.39 Å². The van der Waals surface area contributed by atoms with E-state index in [0.717, 1.165) is 0 Å². The standard InChI is InChI=1S/C7H5FN2/c1-5-2-3-6(4-9)10-7(5)8/h2-3H,1H3. The van der Waals surface area contributed by atoms with E-state index in [1.54, 1.807) is 13.0 Å². The van der Waals surface area contributed by atoms with Crippen LogP contribution >= 0.6 is 0 Å². The van der Waals surface area contributed by atoms with E-state index in [0.29, 0.717) is 5.56 Å². The topological polar surface area (TPSA) is 36.7 Å². The quantitative estimate of drug-likeness (QED) is 0.505. The Labute approximate surface area is 57.9 Å². The van der Waals surface area contributed by atoms with Crippen molar-refractivity contribution in [1.82, 2.24) is 4.98 Å². The molecule has 0 atom stereocenters. The normalized spacial score (nSPS) is 8.90. The van der Waals surface area contributed by atoms with Gasteiger partial charge < -0.3 is 0 Å². The van der Waals surface area contributed by atoms with Crippen molar-refractivity contribution in [2.45, 2.75) is 6.92 Å². The van der Waals surface area contributed by atoms with E-state index in [-0.39, 0.29) is 5.69 Å². The van der Waals surface area contributed by atoms with Crippen molar-refractivity contribution >= 4 is 0 Å². The van der Waals surface area contributed by atoms with E-state index < -0.39 is 5.95 Å². The molecule has 0 amide bonds. The number of rotatable bonds is 0. The molecule has 1 heterocycles. The largest absolute Gasteiger partial charge is 0.217 e. The smallest absolute Gasteiger partial charge is 0.209 e. The molecular weight excluding hydrogens is 131 g/mol. The van der Waals surface area contributed by atoms with E-state index >= 15 is 0 Å². The molecule has 0 fully saturated rings. The van der Waals surface area contributed by atoms with Crippen molar-refractivity contribution in [2.24, 2.45) is 0 Å². The van der Waals surface area contributed by atoms with Crippen LogP contribution in [-0.2, 0) is 0 Å². The molecule has 0 aliphatic rings. The van der Waals surface area contributed by atoms with Gasteiger partial charge in [0.15, 0.2) is 0 Å². The summed E-state index contributed by atoms with van der Waals surface area (Å²) in [6.07, 6.45) is 0. The highest BCUT2D eigenvalue weighted by Gasteiger charge is 1.98. The molecule has 10 heavy (non-hydrogen) atoms. The average molecular weight is 136 g/mol. The van der Waals surface area contributed by atoms with E-state index in [9.17, 15) is 4.39 Å². The minimum absolute atomic E-state index is 0.114. The summed E-state index contributed by atoms with van der Waals surface area (Å²) >= 11 is 0. The predicted molar refractivity (Wildman–Crippen MR) is 33.6 cm³/mol. The second-order valence-electron chi connectivity index (χ2n) is 1.92. The number of aromatic nitrogens is 1. The molecule has 50 valence electrons. The van der Waals surface area contributed by atoms with Crippen molar-refractivity contribution in [3.63, 3.8) is 0 Å². The van der Waals surface area contributed by atoms with Crippen molar-refractivity contribution in [3.05, 3.63) is 29.3 Å². The Morgan fingerprint density at radius 1 is 1.60 bits per heavy atom. The molecule has 1 aromatic rings. The van der Waals surface area contributed by atoms with E-state index in [4.69, 9.17) is 5.26 Å². The van der Waals surface area contributed by atoms with Gasteiger partial charge in [-0.05, 0) is 13.0 Å². The summed E-state index contributed by atoms with van der Waals surface area (Å²) in [6.45, 7) is 1.60. The number of halogens is 1. The second-order valence-corrected chi connectivity index (χ2v) is 1.92. The molecule has 0 saturated carbocycles. The third-order valence-electron chi connectivity index (χ3n) is 1.15. The first kappa shape index (κ1) is 6.69. The fraction of sp³-hybridized carbons (Fsp3) is 0.143. The molecule has 0 unspecified atom stereocenters. The first-order valence-corrected chi connectivity index (χ1v) is 2.77. The lowest BCUT2D eigenvalue weighted by Crippen LogP contribution is -1.90. The number of hydrogen-bond donors (Lipinski definition) is 0. The van der Waals surface area contributed by atoms with Crippen LogP contribution in [0.4, 0.5) is 4.39 Å². The second kappa shape index (κ2) is 2.44. The Morgan fingerprint density at radius 2 is 2.30 bits per heavy atom. The van der Waals surface area contributed by atoms with Crippen LogP contribution < -0.4 is 0 Å². The maximum absolute atomic E-state index is 12.5. The van der Waals surface area contributed by atoms with E-state index in [1.807, 2.05) is 0 Å². The van der Waals surface area contributed by atoms with Gasteiger partial charge >= 0.3 is 0 Å². The molecule has 0 spiro atoms. The van der Waals surface area contributed by atoms with Crippen molar-refractivity contribution in [1.29, 1.82) is 5.26 Å². The molecule has 2 nitrogen and oxygen atoms in total. The van der Waals surface area contributed by atoms with Gasteiger partial charge in [0.2, 0.25) is 5.95 Å². The van der Waals surface area contributed by atoms with Gasteiger partial charge in [-0.2, -0.15) is 9.65 Å². The van der Waals surface area contributed by atoms with Crippen molar-refractivity contribution in [3.8, 4) is 6.07 Å². The van der Waals surface area contributed by atoms with Crippen LogP contribution in [0.3, 0.4) is 0 Å². The Balaban J connectivity index is 3.20. The van der Waals surface area contributed by atoms with Gasteiger partial charge in [-0.1, -0.05) is 6.07 Å².